The maximum atomic E-state index is 14.0. The number of hydrogen-bond acceptors (Lipinski definition) is 5. The highest BCUT2D eigenvalue weighted by Crippen LogP contribution is 2.33. The number of nitro benzene ring substituents is 1. The number of anilines is 2. The van der Waals surface area contributed by atoms with E-state index in [4.69, 9.17) is 4.74 Å². The highest BCUT2D eigenvalue weighted by molar-refractivity contribution is 5.97. The van der Waals surface area contributed by atoms with Crippen LogP contribution in [0.4, 0.5) is 21.5 Å². The maximum absolute atomic E-state index is 14.0. The van der Waals surface area contributed by atoms with Gasteiger partial charge in [-0.3, -0.25) is 14.9 Å². The minimum Gasteiger partial charge on any atom is -0.478 e. The lowest BCUT2D eigenvalue weighted by molar-refractivity contribution is -0.901. The molecular weight excluding hydrogens is 379 g/mol. The molecule has 0 aliphatic carbocycles. The zero-order valence-corrected chi connectivity index (χ0v) is 15.8. The number of rotatable bonds is 5. The van der Waals surface area contributed by atoms with Crippen molar-refractivity contribution in [1.29, 1.82) is 0 Å². The van der Waals surface area contributed by atoms with Gasteiger partial charge in [-0.2, -0.15) is 0 Å². The van der Waals surface area contributed by atoms with E-state index >= 15 is 0 Å². The lowest BCUT2D eigenvalue weighted by atomic mass is 10.1. The number of nitrogens with zero attached hydrogens (tertiary/aromatic N) is 2. The minimum atomic E-state index is -0.679. The first-order valence-corrected chi connectivity index (χ1v) is 9.60. The maximum Gasteiger partial charge on any atom is 0.273 e. The van der Waals surface area contributed by atoms with Crippen molar-refractivity contribution in [3.8, 4) is 5.75 Å². The van der Waals surface area contributed by atoms with Gasteiger partial charge in [-0.1, -0.05) is 12.1 Å². The molecule has 0 spiro atoms. The van der Waals surface area contributed by atoms with E-state index in [1.165, 1.54) is 29.2 Å². The molecule has 152 valence electrons. The first kappa shape index (κ1) is 19.1. The van der Waals surface area contributed by atoms with Gasteiger partial charge in [0.2, 0.25) is 0 Å². The standard InChI is InChI=1S/C20H21FN4O4/c21-15-3-1-2-4-17(15)24-11-9-23(10-12-24)8-7-18-20(26)22-16-6-5-14(25(27)28)13-19(16)29-18/h1-6,13,18H,7-12H2,(H,22,26)/p+1/t18-/m1/s1. The molecule has 9 heteroatoms. The van der Waals surface area contributed by atoms with Crippen LogP contribution in [0.25, 0.3) is 0 Å². The number of piperazine rings is 1. The molecule has 0 radical (unpaired) electrons. The van der Waals surface area contributed by atoms with Gasteiger partial charge >= 0.3 is 0 Å². The molecule has 29 heavy (non-hydrogen) atoms. The van der Waals surface area contributed by atoms with Gasteiger partial charge in [-0.05, 0) is 18.2 Å². The number of para-hydroxylation sites is 1. The van der Waals surface area contributed by atoms with E-state index in [9.17, 15) is 19.3 Å². The fourth-order valence-corrected chi connectivity index (χ4v) is 3.79. The van der Waals surface area contributed by atoms with E-state index in [0.717, 1.165) is 32.7 Å². The number of halogens is 1. The molecule has 1 fully saturated rings. The minimum absolute atomic E-state index is 0.0754. The Morgan fingerprint density at radius 2 is 2.00 bits per heavy atom. The van der Waals surface area contributed by atoms with Gasteiger partial charge in [0.05, 0.1) is 55.1 Å². The number of fused-ring (bicyclic) bond motifs is 1. The third-order valence-corrected chi connectivity index (χ3v) is 5.42. The fraction of sp³-hybridized carbons (Fsp3) is 0.350. The predicted molar refractivity (Wildman–Crippen MR) is 105 cm³/mol. The number of carbonyl (C=O) groups excluding carboxylic acids is 1. The van der Waals surface area contributed by atoms with Crippen LogP contribution in [0.2, 0.25) is 0 Å². The van der Waals surface area contributed by atoms with Gasteiger partial charge in [-0.15, -0.1) is 0 Å². The number of non-ortho nitro benzene ring substituents is 1. The monoisotopic (exact) mass is 401 g/mol. The van der Waals surface area contributed by atoms with Crippen molar-refractivity contribution in [3.63, 3.8) is 0 Å². The van der Waals surface area contributed by atoms with Crippen LogP contribution >= 0.6 is 0 Å². The van der Waals surface area contributed by atoms with Crippen molar-refractivity contribution in [2.45, 2.75) is 12.5 Å². The molecule has 1 atom stereocenters. The molecule has 2 aromatic carbocycles. The predicted octanol–water partition coefficient (Wildman–Crippen LogP) is 1.23. The number of ether oxygens (including phenoxy) is 1. The van der Waals surface area contributed by atoms with Crippen molar-refractivity contribution in [3.05, 3.63) is 58.4 Å². The Bertz CT molecular complexity index is 930. The molecule has 1 saturated heterocycles. The number of nitro groups is 1. The van der Waals surface area contributed by atoms with Crippen molar-refractivity contribution < 1.29 is 23.7 Å². The van der Waals surface area contributed by atoms with E-state index in [2.05, 4.69) is 5.32 Å². The summed E-state index contributed by atoms with van der Waals surface area (Å²) in [6, 6.07) is 10.9. The number of quaternary nitrogens is 1. The number of nitrogens with one attached hydrogen (secondary N) is 2. The second kappa shape index (κ2) is 8.04. The van der Waals surface area contributed by atoms with Crippen LogP contribution in [0, 0.1) is 15.9 Å². The van der Waals surface area contributed by atoms with Gasteiger partial charge in [0.25, 0.3) is 11.6 Å². The smallest absolute Gasteiger partial charge is 0.273 e. The van der Waals surface area contributed by atoms with Crippen molar-refractivity contribution >= 4 is 23.0 Å². The van der Waals surface area contributed by atoms with Crippen LogP contribution in [0.5, 0.6) is 5.75 Å². The quantitative estimate of drug-likeness (QED) is 0.581. The molecule has 0 aromatic heterocycles. The Hall–Kier alpha value is -3.20. The van der Waals surface area contributed by atoms with E-state index in [1.807, 2.05) is 11.0 Å². The highest BCUT2D eigenvalue weighted by atomic mass is 19.1. The number of hydrogen-bond donors (Lipinski definition) is 2. The Labute approximate surface area is 167 Å². The first-order chi connectivity index (χ1) is 14.0. The molecule has 0 saturated carbocycles. The lowest BCUT2D eigenvalue weighted by Gasteiger charge is -2.34. The van der Waals surface area contributed by atoms with Gasteiger partial charge in [0.1, 0.15) is 5.82 Å². The summed E-state index contributed by atoms with van der Waals surface area (Å²) in [6.07, 6.45) is -0.176. The summed E-state index contributed by atoms with van der Waals surface area (Å²) in [5.74, 6) is -0.130. The molecular formula is C20H22FN4O4+. The average molecular weight is 401 g/mol. The van der Waals surface area contributed by atoms with Gasteiger partial charge in [-0.25, -0.2) is 4.39 Å². The van der Waals surface area contributed by atoms with Crippen LogP contribution in [0.15, 0.2) is 42.5 Å². The molecule has 2 heterocycles. The molecule has 4 rings (SSSR count). The molecule has 0 bridgehead atoms. The Balaban J connectivity index is 1.32. The Morgan fingerprint density at radius 3 is 2.72 bits per heavy atom. The van der Waals surface area contributed by atoms with Crippen molar-refractivity contribution in [1.82, 2.24) is 0 Å². The fourth-order valence-electron chi connectivity index (χ4n) is 3.79. The Kier molecular flexibility index (Phi) is 5.30. The molecule has 2 N–H and O–H groups in total. The van der Waals surface area contributed by atoms with Crippen LogP contribution in [0.3, 0.4) is 0 Å². The van der Waals surface area contributed by atoms with E-state index in [1.54, 1.807) is 12.1 Å². The van der Waals surface area contributed by atoms with Gasteiger partial charge < -0.3 is 19.9 Å². The summed E-state index contributed by atoms with van der Waals surface area (Å²) < 4.78 is 19.7. The number of amides is 1. The summed E-state index contributed by atoms with van der Waals surface area (Å²) in [4.78, 5) is 26.1. The molecule has 2 aliphatic heterocycles. The van der Waals surface area contributed by atoms with Crippen molar-refractivity contribution in [2.75, 3.05) is 42.9 Å². The molecule has 1 amide bonds. The van der Waals surface area contributed by atoms with E-state index in [0.29, 0.717) is 23.5 Å². The van der Waals surface area contributed by atoms with Gasteiger partial charge in [0.15, 0.2) is 11.9 Å². The van der Waals surface area contributed by atoms with Crippen LogP contribution < -0.4 is 19.9 Å². The van der Waals surface area contributed by atoms with Gasteiger partial charge in [0, 0.05) is 12.5 Å². The largest absolute Gasteiger partial charge is 0.478 e. The molecule has 8 nitrogen and oxygen atoms in total. The Morgan fingerprint density at radius 1 is 1.24 bits per heavy atom. The average Bonchev–Trinajstić information content (AvgIpc) is 2.72. The second-order valence-electron chi connectivity index (χ2n) is 7.26. The number of benzene rings is 2. The van der Waals surface area contributed by atoms with Crippen molar-refractivity contribution in [2.24, 2.45) is 0 Å². The van der Waals surface area contributed by atoms with Crippen LogP contribution in [-0.4, -0.2) is 49.7 Å². The van der Waals surface area contributed by atoms with Crippen LogP contribution in [-0.2, 0) is 4.79 Å². The van der Waals surface area contributed by atoms with E-state index in [-0.39, 0.29) is 17.4 Å². The summed E-state index contributed by atoms with van der Waals surface area (Å²) in [7, 11) is 0. The zero-order valence-electron chi connectivity index (χ0n) is 15.8. The molecule has 0 unspecified atom stereocenters. The summed E-state index contributed by atoms with van der Waals surface area (Å²) in [6.45, 7) is 3.88. The normalized spacial score (nSPS) is 19.3. The summed E-state index contributed by atoms with van der Waals surface area (Å²) >= 11 is 0. The first-order valence-electron chi connectivity index (χ1n) is 9.60. The second-order valence-corrected chi connectivity index (χ2v) is 7.26. The summed E-state index contributed by atoms with van der Waals surface area (Å²) in [5, 5.41) is 13.7. The third kappa shape index (κ3) is 4.14. The number of carbonyl (C=O) groups is 1. The summed E-state index contributed by atoms with van der Waals surface area (Å²) in [5.41, 5.74) is 0.996. The third-order valence-electron chi connectivity index (χ3n) is 5.42. The highest BCUT2D eigenvalue weighted by Gasteiger charge is 2.31. The SMILES string of the molecule is O=C1Nc2ccc([N+](=O)[O-])cc2O[C@@H]1CC[NH+]1CCN(c2ccccc2F)CC1. The molecule has 2 aliphatic rings. The van der Waals surface area contributed by atoms with Crippen LogP contribution in [0.1, 0.15) is 6.42 Å². The molecule has 2 aromatic rings. The topological polar surface area (TPSA) is 89.1 Å². The zero-order chi connectivity index (χ0) is 20.4. The lowest BCUT2D eigenvalue weighted by Crippen LogP contribution is -3.15. The van der Waals surface area contributed by atoms with E-state index < -0.39 is 11.0 Å².